The Hall–Kier alpha value is -1.22. The predicted octanol–water partition coefficient (Wildman–Crippen LogP) is 5.51. The normalized spacial score (nSPS) is 14.4. The Morgan fingerprint density at radius 3 is 2.56 bits per heavy atom. The van der Waals surface area contributed by atoms with Gasteiger partial charge in [-0.1, -0.05) is 42.3 Å². The van der Waals surface area contributed by atoms with Crippen molar-refractivity contribution >= 4 is 11.6 Å². The van der Waals surface area contributed by atoms with Crippen molar-refractivity contribution in [1.29, 1.82) is 0 Å². The van der Waals surface area contributed by atoms with E-state index in [-0.39, 0.29) is 5.57 Å². The van der Waals surface area contributed by atoms with Crippen LogP contribution in [0.4, 0.5) is 13.2 Å². The summed E-state index contributed by atoms with van der Waals surface area (Å²) in [5, 5.41) is 0.502. The summed E-state index contributed by atoms with van der Waals surface area (Å²) in [6.07, 6.45) is -2.15. The lowest BCUT2D eigenvalue weighted by atomic mass is 9.89. The van der Waals surface area contributed by atoms with Crippen molar-refractivity contribution < 1.29 is 13.2 Å². The molecule has 0 N–H and O–H groups in total. The second-order valence-electron chi connectivity index (χ2n) is 3.88. The highest BCUT2D eigenvalue weighted by atomic mass is 35.5. The van der Waals surface area contributed by atoms with Gasteiger partial charge in [-0.05, 0) is 24.1 Å². The van der Waals surface area contributed by atoms with Gasteiger partial charge < -0.3 is 0 Å². The minimum atomic E-state index is -4.31. The van der Waals surface area contributed by atoms with Crippen LogP contribution in [0.3, 0.4) is 0 Å². The molecule has 1 aromatic rings. The smallest absolute Gasteiger partial charge is 0.167 e. The molecule has 1 rings (SSSR count). The Kier molecular flexibility index (Phi) is 5.03. The first-order chi connectivity index (χ1) is 8.37. The van der Waals surface area contributed by atoms with E-state index in [9.17, 15) is 13.2 Å². The number of benzene rings is 1. The summed E-state index contributed by atoms with van der Waals surface area (Å²) < 4.78 is 37.3. The highest BCUT2D eigenvalue weighted by molar-refractivity contribution is 6.30. The van der Waals surface area contributed by atoms with Crippen LogP contribution in [-0.4, -0.2) is 6.18 Å². The molecule has 1 unspecified atom stereocenters. The van der Waals surface area contributed by atoms with Crippen LogP contribution in [0.25, 0.3) is 0 Å². The van der Waals surface area contributed by atoms with Crippen LogP contribution < -0.4 is 0 Å². The summed E-state index contributed by atoms with van der Waals surface area (Å²) >= 11 is 5.85. The van der Waals surface area contributed by atoms with Crippen molar-refractivity contribution in [3.05, 3.63) is 59.2 Å². The number of rotatable bonds is 4. The minimum absolute atomic E-state index is 0.278. The molecule has 0 amide bonds. The predicted molar refractivity (Wildman–Crippen MR) is 68.8 cm³/mol. The molecule has 0 heterocycles. The molecule has 0 fully saturated rings. The first kappa shape index (κ1) is 14.8. The van der Waals surface area contributed by atoms with E-state index >= 15 is 0 Å². The van der Waals surface area contributed by atoms with Gasteiger partial charge >= 0.3 is 6.18 Å². The van der Waals surface area contributed by atoms with Crippen molar-refractivity contribution in [2.75, 3.05) is 0 Å². The van der Waals surface area contributed by atoms with Gasteiger partial charge in [-0.2, -0.15) is 13.2 Å². The monoisotopic (exact) mass is 274 g/mol. The van der Waals surface area contributed by atoms with Crippen molar-refractivity contribution in [3.63, 3.8) is 0 Å². The maximum atomic E-state index is 12.4. The molecule has 4 heteroatoms. The molecule has 0 spiro atoms. The first-order valence-electron chi connectivity index (χ1n) is 5.53. The second-order valence-corrected chi connectivity index (χ2v) is 4.32. The summed E-state index contributed by atoms with van der Waals surface area (Å²) in [4.78, 5) is 0. The summed E-state index contributed by atoms with van der Waals surface area (Å²) in [5.74, 6) is -0.463. The van der Waals surface area contributed by atoms with E-state index < -0.39 is 12.1 Å². The number of alkyl halides is 3. The Morgan fingerprint density at radius 1 is 1.44 bits per heavy atom. The molecule has 98 valence electrons. The molecule has 1 atom stereocenters. The van der Waals surface area contributed by atoms with Gasteiger partial charge in [0.2, 0.25) is 0 Å². The summed E-state index contributed by atoms with van der Waals surface area (Å²) in [6.45, 7) is 5.31. The number of halogens is 4. The molecule has 0 saturated heterocycles. The van der Waals surface area contributed by atoms with Crippen LogP contribution in [0.15, 0.2) is 48.6 Å². The van der Waals surface area contributed by atoms with Gasteiger partial charge in [0.15, 0.2) is 0 Å². The Labute approximate surface area is 110 Å². The molecule has 0 aliphatic heterocycles. The van der Waals surface area contributed by atoms with Crippen molar-refractivity contribution in [1.82, 2.24) is 0 Å². The van der Waals surface area contributed by atoms with E-state index in [0.29, 0.717) is 17.5 Å². The standard InChI is InChI=1S/C14H14ClF3/c1-3-10(9-14(16,17)18)13(4-2)11-6-5-7-12(15)8-11/h4-9,13H,2-3H2,1H3/b10-9+. The van der Waals surface area contributed by atoms with E-state index in [1.54, 1.807) is 31.2 Å². The van der Waals surface area contributed by atoms with Gasteiger partial charge in [0.05, 0.1) is 0 Å². The zero-order valence-electron chi connectivity index (χ0n) is 9.97. The lowest BCUT2D eigenvalue weighted by Gasteiger charge is -2.17. The number of hydrogen-bond acceptors (Lipinski definition) is 0. The van der Waals surface area contributed by atoms with Gasteiger partial charge in [-0.3, -0.25) is 0 Å². The van der Waals surface area contributed by atoms with Gasteiger partial charge in [0, 0.05) is 17.0 Å². The fourth-order valence-electron chi connectivity index (χ4n) is 1.82. The highest BCUT2D eigenvalue weighted by Gasteiger charge is 2.26. The SMILES string of the molecule is C=CC(/C(=C/C(F)(F)F)CC)c1cccc(Cl)c1. The van der Waals surface area contributed by atoms with Crippen LogP contribution in [0.2, 0.25) is 5.02 Å². The Bertz CT molecular complexity index is 447. The third kappa shape index (κ3) is 4.22. The van der Waals surface area contributed by atoms with Crippen LogP contribution in [0, 0.1) is 0 Å². The molecule has 0 saturated carbocycles. The van der Waals surface area contributed by atoms with Gasteiger partial charge in [-0.15, -0.1) is 6.58 Å². The second kappa shape index (κ2) is 6.10. The summed E-state index contributed by atoms with van der Waals surface area (Å²) in [7, 11) is 0. The van der Waals surface area contributed by atoms with Crippen LogP contribution in [0.1, 0.15) is 24.8 Å². The fourth-order valence-corrected chi connectivity index (χ4v) is 2.02. The van der Waals surface area contributed by atoms with Gasteiger partial charge in [0.25, 0.3) is 0 Å². The summed E-state index contributed by atoms with van der Waals surface area (Å²) in [6, 6.07) is 6.81. The zero-order chi connectivity index (χ0) is 13.8. The molecule has 0 aliphatic carbocycles. The average Bonchev–Trinajstić information content (AvgIpc) is 2.27. The van der Waals surface area contributed by atoms with Crippen molar-refractivity contribution in [2.24, 2.45) is 0 Å². The number of hydrogen-bond donors (Lipinski definition) is 0. The molecule has 0 aromatic heterocycles. The highest BCUT2D eigenvalue weighted by Crippen LogP contribution is 2.32. The van der Waals surface area contributed by atoms with Crippen molar-refractivity contribution in [3.8, 4) is 0 Å². The maximum absolute atomic E-state index is 12.4. The third-order valence-electron chi connectivity index (χ3n) is 2.60. The number of allylic oxidation sites excluding steroid dienone is 3. The van der Waals surface area contributed by atoms with E-state index in [1.807, 2.05) is 0 Å². The average molecular weight is 275 g/mol. The minimum Gasteiger partial charge on any atom is -0.167 e. The van der Waals surface area contributed by atoms with E-state index in [0.717, 1.165) is 5.56 Å². The topological polar surface area (TPSA) is 0 Å². The van der Waals surface area contributed by atoms with Gasteiger partial charge in [0.1, 0.15) is 0 Å². The quantitative estimate of drug-likeness (QED) is 0.635. The fraction of sp³-hybridized carbons (Fsp3) is 0.286. The third-order valence-corrected chi connectivity index (χ3v) is 2.84. The summed E-state index contributed by atoms with van der Waals surface area (Å²) in [5.41, 5.74) is 0.995. The van der Waals surface area contributed by atoms with Crippen LogP contribution in [0.5, 0.6) is 0 Å². The lowest BCUT2D eigenvalue weighted by molar-refractivity contribution is -0.0807. The zero-order valence-corrected chi connectivity index (χ0v) is 10.7. The molecule has 1 aromatic carbocycles. The molecular formula is C14H14ClF3. The van der Waals surface area contributed by atoms with Crippen molar-refractivity contribution in [2.45, 2.75) is 25.4 Å². The largest absolute Gasteiger partial charge is 0.409 e. The van der Waals surface area contributed by atoms with E-state index in [1.165, 1.54) is 6.08 Å². The molecule has 0 aliphatic rings. The molecule has 0 bridgehead atoms. The van der Waals surface area contributed by atoms with E-state index in [2.05, 4.69) is 6.58 Å². The van der Waals surface area contributed by atoms with Gasteiger partial charge in [-0.25, -0.2) is 0 Å². The molecular weight excluding hydrogens is 261 g/mol. The van der Waals surface area contributed by atoms with Crippen LogP contribution >= 0.6 is 11.6 Å². The first-order valence-corrected chi connectivity index (χ1v) is 5.91. The Morgan fingerprint density at radius 2 is 2.11 bits per heavy atom. The maximum Gasteiger partial charge on any atom is 0.409 e. The molecule has 0 radical (unpaired) electrons. The van der Waals surface area contributed by atoms with E-state index in [4.69, 9.17) is 11.6 Å². The lowest BCUT2D eigenvalue weighted by Crippen LogP contribution is -2.07. The Balaban J connectivity index is 3.16. The molecule has 18 heavy (non-hydrogen) atoms. The molecule has 0 nitrogen and oxygen atoms in total. The van der Waals surface area contributed by atoms with Crippen LogP contribution in [-0.2, 0) is 0 Å².